The van der Waals surface area contributed by atoms with Crippen LogP contribution in [0.3, 0.4) is 0 Å². The predicted molar refractivity (Wildman–Crippen MR) is 51.9 cm³/mol. The molecule has 0 aromatic carbocycles. The Hall–Kier alpha value is -1.14. The van der Waals surface area contributed by atoms with Crippen LogP contribution < -0.4 is 10.8 Å². The monoisotopic (exact) mass is 216 g/mol. The Morgan fingerprint density at radius 3 is 2.93 bits per heavy atom. The first-order chi connectivity index (χ1) is 7.09. The maximum atomic E-state index is 11.5. The number of amides is 1. The summed E-state index contributed by atoms with van der Waals surface area (Å²) in [6.07, 6.45) is 1.51. The van der Waals surface area contributed by atoms with E-state index in [1.807, 2.05) is 6.92 Å². The lowest BCUT2D eigenvalue weighted by atomic mass is 9.93. The highest BCUT2D eigenvalue weighted by molar-refractivity contribution is 5.78. The lowest BCUT2D eigenvalue weighted by molar-refractivity contribution is -0.151. The van der Waals surface area contributed by atoms with Crippen molar-refractivity contribution in [2.24, 2.45) is 5.92 Å². The van der Waals surface area contributed by atoms with Crippen LogP contribution in [0.25, 0.3) is 0 Å². The first kappa shape index (κ1) is 11.9. The van der Waals surface area contributed by atoms with Crippen LogP contribution in [0.1, 0.15) is 19.8 Å². The van der Waals surface area contributed by atoms with E-state index in [2.05, 4.69) is 15.6 Å². The van der Waals surface area contributed by atoms with Crippen molar-refractivity contribution in [3.8, 4) is 0 Å². The highest BCUT2D eigenvalue weighted by Crippen LogP contribution is 2.15. The summed E-state index contributed by atoms with van der Waals surface area (Å²) in [6.45, 7) is 2.31. The largest absolute Gasteiger partial charge is 0.479 e. The molecule has 6 nitrogen and oxygen atoms in total. The van der Waals surface area contributed by atoms with Crippen LogP contribution in [0.5, 0.6) is 0 Å². The summed E-state index contributed by atoms with van der Waals surface area (Å²) < 4.78 is 0. The fourth-order valence-electron chi connectivity index (χ4n) is 1.62. The molecule has 0 radical (unpaired) electrons. The third-order valence-corrected chi connectivity index (χ3v) is 2.36. The van der Waals surface area contributed by atoms with E-state index in [1.165, 1.54) is 0 Å². The summed E-state index contributed by atoms with van der Waals surface area (Å²) >= 11 is 0. The molecule has 15 heavy (non-hydrogen) atoms. The smallest absolute Gasteiger partial charge is 0.332 e. The van der Waals surface area contributed by atoms with Gasteiger partial charge in [-0.1, -0.05) is 0 Å². The van der Waals surface area contributed by atoms with Gasteiger partial charge in [0.1, 0.15) is 0 Å². The van der Waals surface area contributed by atoms with Gasteiger partial charge in [-0.05, 0) is 26.3 Å². The minimum Gasteiger partial charge on any atom is -0.479 e. The highest BCUT2D eigenvalue weighted by Gasteiger charge is 2.24. The molecule has 0 aromatic rings. The minimum absolute atomic E-state index is 0.0879. The van der Waals surface area contributed by atoms with Gasteiger partial charge in [0.05, 0.1) is 0 Å². The van der Waals surface area contributed by atoms with Crippen molar-refractivity contribution in [2.45, 2.75) is 25.8 Å². The molecule has 86 valence electrons. The van der Waals surface area contributed by atoms with Crippen molar-refractivity contribution in [2.75, 3.05) is 13.2 Å². The number of nitrogens with one attached hydrogen (secondary N) is 2. The van der Waals surface area contributed by atoms with Crippen LogP contribution in [0.4, 0.5) is 0 Å². The van der Waals surface area contributed by atoms with E-state index in [0.29, 0.717) is 6.04 Å². The van der Waals surface area contributed by atoms with Gasteiger partial charge in [0.25, 0.3) is 0 Å². The lowest BCUT2D eigenvalue weighted by Gasteiger charge is -2.26. The normalized spacial score (nSPS) is 25.9. The number of carbonyl (C=O) groups excluding carboxylic acids is 1. The molecule has 1 aliphatic rings. The van der Waals surface area contributed by atoms with Gasteiger partial charge >= 0.3 is 5.97 Å². The van der Waals surface area contributed by atoms with Crippen molar-refractivity contribution in [3.63, 3.8) is 0 Å². The quantitative estimate of drug-likeness (QED) is 0.552. The van der Waals surface area contributed by atoms with Gasteiger partial charge in [0, 0.05) is 12.0 Å². The van der Waals surface area contributed by atoms with Crippen LogP contribution in [0.2, 0.25) is 0 Å². The molecule has 6 heteroatoms. The molecular weight excluding hydrogens is 200 g/mol. The average Bonchev–Trinajstić information content (AvgIpc) is 2.17. The van der Waals surface area contributed by atoms with E-state index in [9.17, 15) is 9.59 Å². The summed E-state index contributed by atoms with van der Waals surface area (Å²) in [7, 11) is 0. The van der Waals surface area contributed by atoms with Crippen LogP contribution >= 0.6 is 0 Å². The molecule has 2 atom stereocenters. The minimum atomic E-state index is -1.10. The zero-order chi connectivity index (χ0) is 11.3. The highest BCUT2D eigenvalue weighted by atomic mass is 16.7. The molecule has 2 unspecified atom stereocenters. The third-order valence-electron chi connectivity index (χ3n) is 2.36. The average molecular weight is 216 g/mol. The number of rotatable bonds is 4. The van der Waals surface area contributed by atoms with Gasteiger partial charge < -0.3 is 10.4 Å². The number of piperidine rings is 1. The number of hydroxylamine groups is 1. The van der Waals surface area contributed by atoms with Gasteiger partial charge in [-0.2, -0.15) is 0 Å². The van der Waals surface area contributed by atoms with E-state index >= 15 is 0 Å². The fourth-order valence-corrected chi connectivity index (χ4v) is 1.62. The second-order valence-corrected chi connectivity index (χ2v) is 3.73. The number of carboxylic acids is 1. The van der Waals surface area contributed by atoms with Crippen LogP contribution in [-0.2, 0) is 14.4 Å². The molecule has 1 fully saturated rings. The Morgan fingerprint density at radius 1 is 1.60 bits per heavy atom. The zero-order valence-corrected chi connectivity index (χ0v) is 8.66. The van der Waals surface area contributed by atoms with Crippen LogP contribution in [0, 0.1) is 5.92 Å². The summed E-state index contributed by atoms with van der Waals surface area (Å²) in [5.41, 5.74) is 2.16. The van der Waals surface area contributed by atoms with Gasteiger partial charge in [-0.3, -0.25) is 9.63 Å². The standard InChI is InChI=1S/C9H16N2O4/c1-6-4-7(2-3-10-6)9(14)11-15-5-8(12)13/h6-7,10H,2-5H2,1H3,(H,11,14)(H,12,13). The van der Waals surface area contributed by atoms with E-state index in [0.717, 1.165) is 19.4 Å². The summed E-state index contributed by atoms with van der Waals surface area (Å²) in [6, 6.07) is 0.314. The molecule has 0 bridgehead atoms. The third kappa shape index (κ3) is 4.26. The number of carbonyl (C=O) groups is 2. The molecule has 1 aliphatic heterocycles. The maximum absolute atomic E-state index is 11.5. The number of hydrogen-bond donors (Lipinski definition) is 3. The molecule has 1 rings (SSSR count). The molecule has 0 aliphatic carbocycles. The van der Waals surface area contributed by atoms with E-state index in [1.54, 1.807) is 0 Å². The number of carboxylic acid groups (broad SMARTS) is 1. The summed E-state index contributed by atoms with van der Waals surface area (Å²) in [5.74, 6) is -1.42. The van der Waals surface area contributed by atoms with Crippen LogP contribution in [0.15, 0.2) is 0 Å². The molecule has 1 saturated heterocycles. The Morgan fingerprint density at radius 2 is 2.33 bits per heavy atom. The Labute approximate surface area is 87.9 Å². The van der Waals surface area contributed by atoms with E-state index in [-0.39, 0.29) is 11.8 Å². The first-order valence-electron chi connectivity index (χ1n) is 4.96. The molecule has 3 N–H and O–H groups in total. The van der Waals surface area contributed by atoms with Gasteiger partial charge in [0.15, 0.2) is 6.61 Å². The number of hydrogen-bond acceptors (Lipinski definition) is 4. The molecule has 1 amide bonds. The van der Waals surface area contributed by atoms with Gasteiger partial charge in [-0.15, -0.1) is 0 Å². The Balaban J connectivity index is 2.24. The van der Waals surface area contributed by atoms with Crippen molar-refractivity contribution >= 4 is 11.9 Å². The van der Waals surface area contributed by atoms with Crippen molar-refractivity contribution in [1.29, 1.82) is 0 Å². The Bertz CT molecular complexity index is 244. The SMILES string of the molecule is CC1CC(C(=O)NOCC(=O)O)CCN1. The van der Waals surface area contributed by atoms with Gasteiger partial charge in [-0.25, -0.2) is 10.3 Å². The van der Waals surface area contributed by atoms with Crippen molar-refractivity contribution < 1.29 is 19.5 Å². The molecular formula is C9H16N2O4. The fraction of sp³-hybridized carbons (Fsp3) is 0.778. The van der Waals surface area contributed by atoms with Gasteiger partial charge in [0.2, 0.25) is 5.91 Å². The summed E-state index contributed by atoms with van der Waals surface area (Å²) in [4.78, 5) is 26.1. The predicted octanol–water partition coefficient (Wildman–Crippen LogP) is -0.493. The second-order valence-electron chi connectivity index (χ2n) is 3.73. The first-order valence-corrected chi connectivity index (χ1v) is 4.96. The van der Waals surface area contributed by atoms with E-state index in [4.69, 9.17) is 5.11 Å². The molecule has 1 heterocycles. The number of aliphatic carboxylic acids is 1. The zero-order valence-electron chi connectivity index (χ0n) is 8.66. The summed E-state index contributed by atoms with van der Waals surface area (Å²) in [5, 5.41) is 11.5. The van der Waals surface area contributed by atoms with E-state index < -0.39 is 12.6 Å². The molecule has 0 saturated carbocycles. The second kappa shape index (κ2) is 5.67. The maximum Gasteiger partial charge on any atom is 0.332 e. The molecule has 0 aromatic heterocycles. The Kier molecular flexibility index (Phi) is 4.51. The van der Waals surface area contributed by atoms with Crippen molar-refractivity contribution in [3.05, 3.63) is 0 Å². The topological polar surface area (TPSA) is 87.7 Å². The van der Waals surface area contributed by atoms with Crippen LogP contribution in [-0.4, -0.2) is 36.2 Å². The molecule has 0 spiro atoms. The van der Waals surface area contributed by atoms with Crippen molar-refractivity contribution in [1.82, 2.24) is 10.8 Å². The lowest BCUT2D eigenvalue weighted by Crippen LogP contribution is -2.42.